The zero-order chi connectivity index (χ0) is 30.1. The standard InChI is InChI=1S/C22H43N11O6/c1-3-11(2)16(19(37)32-14(20(38)39)10-15(24)34)33-18(36)13(7-5-9-30-22(27)28)31-17(35)12(23)6-4-8-29-21(25)26/h11-14,16H,3-10,23H2,1-2H3,(H2,24,34)(H,31,35)(H,32,37)(H,33,36)(H,38,39)(H4,25,26,29)(H4,27,28,30). The number of nitrogens with two attached hydrogens (primary N) is 6. The van der Waals surface area contributed by atoms with Crippen LogP contribution in [0, 0.1) is 5.92 Å². The Hall–Kier alpha value is -4.15. The van der Waals surface area contributed by atoms with E-state index in [-0.39, 0.29) is 37.9 Å². The number of hydrogen-bond acceptors (Lipinski definition) is 8. The molecule has 0 saturated heterocycles. The summed E-state index contributed by atoms with van der Waals surface area (Å²) < 4.78 is 0. The molecule has 0 aliphatic heterocycles. The maximum atomic E-state index is 13.2. The number of carboxylic acids is 1. The molecule has 16 N–H and O–H groups in total. The van der Waals surface area contributed by atoms with E-state index in [1.54, 1.807) is 13.8 Å². The highest BCUT2D eigenvalue weighted by Gasteiger charge is 2.33. The van der Waals surface area contributed by atoms with Crippen molar-refractivity contribution in [3.05, 3.63) is 0 Å². The summed E-state index contributed by atoms with van der Waals surface area (Å²) in [5, 5.41) is 16.7. The molecule has 0 rings (SSSR count). The largest absolute Gasteiger partial charge is 0.480 e. The smallest absolute Gasteiger partial charge is 0.326 e. The third-order valence-corrected chi connectivity index (χ3v) is 5.70. The van der Waals surface area contributed by atoms with Crippen molar-refractivity contribution in [2.75, 3.05) is 13.1 Å². The van der Waals surface area contributed by atoms with Crippen LogP contribution in [0.2, 0.25) is 0 Å². The molecule has 5 unspecified atom stereocenters. The number of guanidine groups is 2. The highest BCUT2D eigenvalue weighted by molar-refractivity contribution is 5.95. The number of primary amides is 1. The number of aliphatic carboxylic acids is 1. The van der Waals surface area contributed by atoms with Crippen molar-refractivity contribution in [3.63, 3.8) is 0 Å². The maximum absolute atomic E-state index is 13.2. The average molecular weight is 558 g/mol. The van der Waals surface area contributed by atoms with E-state index in [1.165, 1.54) is 0 Å². The topological polar surface area (TPSA) is 323 Å². The van der Waals surface area contributed by atoms with Gasteiger partial charge in [-0.3, -0.25) is 29.2 Å². The molecule has 4 amide bonds. The average Bonchev–Trinajstić information content (AvgIpc) is 2.84. The van der Waals surface area contributed by atoms with Gasteiger partial charge < -0.3 is 55.5 Å². The summed E-state index contributed by atoms with van der Waals surface area (Å²) >= 11 is 0. The molecule has 0 aromatic rings. The Morgan fingerprint density at radius 2 is 1.28 bits per heavy atom. The number of amides is 4. The summed E-state index contributed by atoms with van der Waals surface area (Å²) in [5.41, 5.74) is 32.2. The van der Waals surface area contributed by atoms with Crippen molar-refractivity contribution < 1.29 is 29.1 Å². The fourth-order valence-corrected chi connectivity index (χ4v) is 3.32. The lowest BCUT2D eigenvalue weighted by atomic mass is 9.97. The van der Waals surface area contributed by atoms with E-state index in [9.17, 15) is 29.1 Å². The predicted octanol–water partition coefficient (Wildman–Crippen LogP) is -4.12. The molecule has 17 heteroatoms. The van der Waals surface area contributed by atoms with Gasteiger partial charge in [-0.15, -0.1) is 0 Å². The van der Waals surface area contributed by atoms with Gasteiger partial charge in [0.2, 0.25) is 23.6 Å². The Bertz CT molecular complexity index is 903. The molecular formula is C22H43N11O6. The first kappa shape index (κ1) is 34.9. The number of carbonyl (C=O) groups excluding carboxylic acids is 4. The molecule has 0 spiro atoms. The van der Waals surface area contributed by atoms with Crippen LogP contribution in [0.3, 0.4) is 0 Å². The molecule has 17 nitrogen and oxygen atoms in total. The first-order valence-corrected chi connectivity index (χ1v) is 12.5. The van der Waals surface area contributed by atoms with Crippen LogP contribution in [0.4, 0.5) is 0 Å². The Morgan fingerprint density at radius 1 is 0.769 bits per heavy atom. The number of carbonyl (C=O) groups is 5. The number of rotatable bonds is 19. The van der Waals surface area contributed by atoms with Gasteiger partial charge in [-0.25, -0.2) is 4.79 Å². The van der Waals surface area contributed by atoms with Crippen molar-refractivity contribution in [3.8, 4) is 0 Å². The molecule has 0 aliphatic rings. The number of hydrogen-bond donors (Lipinski definition) is 10. The quantitative estimate of drug-likeness (QED) is 0.0413. The van der Waals surface area contributed by atoms with Crippen molar-refractivity contribution in [1.29, 1.82) is 0 Å². The SMILES string of the molecule is CCC(C)C(NC(=O)C(CCCN=C(N)N)NC(=O)C(N)CCCN=C(N)N)C(=O)NC(CC(N)=O)C(=O)O. The maximum Gasteiger partial charge on any atom is 0.326 e. The Labute approximate surface area is 226 Å². The zero-order valence-electron chi connectivity index (χ0n) is 22.4. The highest BCUT2D eigenvalue weighted by atomic mass is 16.4. The van der Waals surface area contributed by atoms with Crippen molar-refractivity contribution in [2.45, 2.75) is 76.5 Å². The minimum atomic E-state index is -1.58. The van der Waals surface area contributed by atoms with E-state index < -0.39 is 66.1 Å². The molecule has 39 heavy (non-hydrogen) atoms. The van der Waals surface area contributed by atoms with Gasteiger partial charge in [0.05, 0.1) is 12.5 Å². The van der Waals surface area contributed by atoms with Gasteiger partial charge in [0.1, 0.15) is 18.1 Å². The Morgan fingerprint density at radius 3 is 1.74 bits per heavy atom. The van der Waals surface area contributed by atoms with Gasteiger partial charge in [-0.2, -0.15) is 0 Å². The predicted molar refractivity (Wildman–Crippen MR) is 144 cm³/mol. The van der Waals surface area contributed by atoms with Crippen LogP contribution in [0.15, 0.2) is 9.98 Å². The van der Waals surface area contributed by atoms with Crippen LogP contribution in [-0.2, 0) is 24.0 Å². The first-order valence-electron chi connectivity index (χ1n) is 12.5. The van der Waals surface area contributed by atoms with Crippen LogP contribution in [0.25, 0.3) is 0 Å². The number of carboxylic acid groups (broad SMARTS) is 1. The second-order valence-corrected chi connectivity index (χ2v) is 9.01. The van der Waals surface area contributed by atoms with Gasteiger partial charge in [0.15, 0.2) is 11.9 Å². The van der Waals surface area contributed by atoms with Gasteiger partial charge in [-0.05, 0) is 31.6 Å². The molecule has 0 saturated carbocycles. The summed E-state index contributed by atoms with van der Waals surface area (Å²) in [6.07, 6.45) is 0.861. The molecule has 0 radical (unpaired) electrons. The van der Waals surface area contributed by atoms with E-state index in [2.05, 4.69) is 25.9 Å². The van der Waals surface area contributed by atoms with Crippen LogP contribution >= 0.6 is 0 Å². The molecule has 5 atom stereocenters. The van der Waals surface area contributed by atoms with Gasteiger partial charge >= 0.3 is 5.97 Å². The van der Waals surface area contributed by atoms with E-state index in [0.29, 0.717) is 19.3 Å². The molecule has 0 fully saturated rings. The first-order chi connectivity index (χ1) is 18.2. The van der Waals surface area contributed by atoms with Crippen LogP contribution in [0.1, 0.15) is 52.4 Å². The fraction of sp³-hybridized carbons (Fsp3) is 0.682. The lowest BCUT2D eigenvalue weighted by molar-refractivity contribution is -0.144. The summed E-state index contributed by atoms with van der Waals surface area (Å²) in [6, 6.07) is -4.84. The molecule has 222 valence electrons. The van der Waals surface area contributed by atoms with Gasteiger partial charge in [0, 0.05) is 13.1 Å². The van der Waals surface area contributed by atoms with Crippen molar-refractivity contribution in [1.82, 2.24) is 16.0 Å². The van der Waals surface area contributed by atoms with Crippen LogP contribution in [0.5, 0.6) is 0 Å². The molecule has 0 bridgehead atoms. The third kappa shape index (κ3) is 15.0. The molecule has 0 heterocycles. The lowest BCUT2D eigenvalue weighted by Gasteiger charge is -2.28. The zero-order valence-corrected chi connectivity index (χ0v) is 22.4. The van der Waals surface area contributed by atoms with E-state index in [1.807, 2.05) is 0 Å². The summed E-state index contributed by atoms with van der Waals surface area (Å²) in [4.78, 5) is 69.2. The molecule has 0 aromatic heterocycles. The molecule has 0 aliphatic carbocycles. The highest BCUT2D eigenvalue weighted by Crippen LogP contribution is 2.11. The minimum Gasteiger partial charge on any atom is -0.480 e. The second-order valence-electron chi connectivity index (χ2n) is 9.01. The third-order valence-electron chi connectivity index (χ3n) is 5.70. The lowest BCUT2D eigenvalue weighted by Crippen LogP contribution is -2.59. The van der Waals surface area contributed by atoms with Gasteiger partial charge in [-0.1, -0.05) is 20.3 Å². The Kier molecular flexibility index (Phi) is 16.2. The number of aliphatic imine (C=N–C) groups is 2. The molecule has 0 aromatic carbocycles. The minimum absolute atomic E-state index is 0.0882. The Balaban J connectivity index is 5.63. The number of nitrogens with one attached hydrogen (secondary N) is 3. The van der Waals surface area contributed by atoms with E-state index in [4.69, 9.17) is 34.4 Å². The monoisotopic (exact) mass is 557 g/mol. The van der Waals surface area contributed by atoms with E-state index in [0.717, 1.165) is 0 Å². The summed E-state index contributed by atoms with van der Waals surface area (Å²) in [6.45, 7) is 3.89. The molecular weight excluding hydrogens is 514 g/mol. The van der Waals surface area contributed by atoms with E-state index >= 15 is 0 Å². The van der Waals surface area contributed by atoms with Gasteiger partial charge in [0.25, 0.3) is 0 Å². The van der Waals surface area contributed by atoms with Crippen LogP contribution in [-0.4, -0.2) is 83.9 Å². The fourth-order valence-electron chi connectivity index (χ4n) is 3.32. The van der Waals surface area contributed by atoms with Crippen molar-refractivity contribution in [2.24, 2.45) is 50.3 Å². The van der Waals surface area contributed by atoms with Crippen molar-refractivity contribution >= 4 is 41.5 Å². The van der Waals surface area contributed by atoms with Crippen LogP contribution < -0.4 is 50.4 Å². The summed E-state index contributed by atoms with van der Waals surface area (Å²) in [7, 11) is 0. The number of nitrogens with zero attached hydrogens (tertiary/aromatic N) is 2. The normalized spacial score (nSPS) is 14.4. The summed E-state index contributed by atoms with van der Waals surface area (Å²) in [5.74, 6) is -5.20. The second kappa shape index (κ2) is 18.2.